The van der Waals surface area contributed by atoms with Gasteiger partial charge in [0, 0.05) is 52.0 Å². The average molecular weight is 239 g/mol. The number of rotatable bonds is 5. The molecule has 5 nitrogen and oxygen atoms in total. The van der Waals surface area contributed by atoms with Crippen LogP contribution in [-0.4, -0.2) is 46.1 Å². The minimum absolute atomic E-state index is 0.0804. The maximum Gasteiger partial charge on any atom is 0.109 e. The van der Waals surface area contributed by atoms with Gasteiger partial charge in [0.1, 0.15) is 11.4 Å². The van der Waals surface area contributed by atoms with Crippen molar-refractivity contribution in [3.63, 3.8) is 0 Å². The van der Waals surface area contributed by atoms with Crippen LogP contribution in [0, 0.1) is 0 Å². The van der Waals surface area contributed by atoms with Gasteiger partial charge in [0.25, 0.3) is 0 Å². The summed E-state index contributed by atoms with van der Waals surface area (Å²) in [5, 5.41) is 13.5. The van der Waals surface area contributed by atoms with E-state index >= 15 is 0 Å². The predicted molar refractivity (Wildman–Crippen MR) is 64.8 cm³/mol. The molecule has 1 aliphatic heterocycles. The second kappa shape index (κ2) is 5.16. The molecule has 2 rings (SSSR count). The van der Waals surface area contributed by atoms with Crippen molar-refractivity contribution in [2.75, 3.05) is 19.7 Å². The number of hydrogen-bond donors (Lipinski definition) is 2. The molecular formula is C12H21N3O2. The number of nitrogens with zero attached hydrogens (tertiary/aromatic N) is 2. The standard InChI is InChI=1S/C12H21N3O2/c1-10-12(16,4-8-17-10)9-13-5-3-11-14-6-7-15(11)2/h6-7,10,13,16H,3-5,8-9H2,1-2H3. The van der Waals surface area contributed by atoms with Gasteiger partial charge in [0.2, 0.25) is 0 Å². The number of hydrogen-bond acceptors (Lipinski definition) is 4. The average Bonchev–Trinajstić information content (AvgIpc) is 2.83. The van der Waals surface area contributed by atoms with Gasteiger partial charge < -0.3 is 19.7 Å². The third kappa shape index (κ3) is 2.86. The Morgan fingerprint density at radius 2 is 2.53 bits per heavy atom. The number of aromatic nitrogens is 2. The van der Waals surface area contributed by atoms with Crippen molar-refractivity contribution >= 4 is 0 Å². The maximum atomic E-state index is 10.3. The van der Waals surface area contributed by atoms with Gasteiger partial charge in [0.15, 0.2) is 0 Å². The fourth-order valence-corrected chi connectivity index (χ4v) is 2.15. The smallest absolute Gasteiger partial charge is 0.109 e. The highest BCUT2D eigenvalue weighted by atomic mass is 16.5. The van der Waals surface area contributed by atoms with E-state index < -0.39 is 5.60 Å². The zero-order chi connectivity index (χ0) is 12.3. The summed E-state index contributed by atoms with van der Waals surface area (Å²) >= 11 is 0. The van der Waals surface area contributed by atoms with Crippen molar-refractivity contribution in [3.8, 4) is 0 Å². The zero-order valence-corrected chi connectivity index (χ0v) is 10.5. The molecule has 0 radical (unpaired) electrons. The van der Waals surface area contributed by atoms with Gasteiger partial charge in [-0.25, -0.2) is 4.98 Å². The summed E-state index contributed by atoms with van der Waals surface area (Å²) in [6.07, 6.45) is 5.24. The number of imidazole rings is 1. The Morgan fingerprint density at radius 1 is 1.71 bits per heavy atom. The molecular weight excluding hydrogens is 218 g/mol. The first-order chi connectivity index (χ1) is 8.12. The molecule has 96 valence electrons. The molecule has 1 aliphatic rings. The third-order valence-electron chi connectivity index (χ3n) is 3.54. The lowest BCUT2D eigenvalue weighted by Gasteiger charge is -2.26. The lowest BCUT2D eigenvalue weighted by molar-refractivity contribution is -0.0259. The maximum absolute atomic E-state index is 10.3. The molecule has 0 aliphatic carbocycles. The fraction of sp³-hybridized carbons (Fsp3) is 0.750. The highest BCUT2D eigenvalue weighted by molar-refractivity contribution is 4.94. The monoisotopic (exact) mass is 239 g/mol. The van der Waals surface area contributed by atoms with Crippen molar-refractivity contribution in [2.24, 2.45) is 7.05 Å². The van der Waals surface area contributed by atoms with E-state index in [1.54, 1.807) is 6.20 Å². The molecule has 0 spiro atoms. The van der Waals surface area contributed by atoms with Crippen LogP contribution in [0.25, 0.3) is 0 Å². The molecule has 5 heteroatoms. The summed E-state index contributed by atoms with van der Waals surface area (Å²) < 4.78 is 7.40. The molecule has 1 aromatic heterocycles. The van der Waals surface area contributed by atoms with Crippen LogP contribution in [0.2, 0.25) is 0 Å². The Balaban J connectivity index is 1.71. The van der Waals surface area contributed by atoms with Gasteiger partial charge in [-0.2, -0.15) is 0 Å². The lowest BCUT2D eigenvalue weighted by atomic mass is 9.97. The number of aliphatic hydroxyl groups is 1. The molecule has 2 N–H and O–H groups in total. The van der Waals surface area contributed by atoms with E-state index in [4.69, 9.17) is 4.74 Å². The summed E-state index contributed by atoms with van der Waals surface area (Å²) in [5.41, 5.74) is -0.707. The summed E-state index contributed by atoms with van der Waals surface area (Å²) in [6, 6.07) is 0. The van der Waals surface area contributed by atoms with E-state index in [2.05, 4.69) is 10.3 Å². The molecule has 0 amide bonds. The van der Waals surface area contributed by atoms with E-state index in [9.17, 15) is 5.11 Å². The summed E-state index contributed by atoms with van der Waals surface area (Å²) in [5.74, 6) is 1.06. The van der Waals surface area contributed by atoms with E-state index in [0.717, 1.165) is 18.8 Å². The van der Waals surface area contributed by atoms with Gasteiger partial charge in [-0.3, -0.25) is 0 Å². The van der Waals surface area contributed by atoms with Crippen molar-refractivity contribution in [3.05, 3.63) is 18.2 Å². The van der Waals surface area contributed by atoms with Crippen LogP contribution in [0.3, 0.4) is 0 Å². The Bertz CT molecular complexity index is 366. The van der Waals surface area contributed by atoms with Gasteiger partial charge in [-0.05, 0) is 6.92 Å². The van der Waals surface area contributed by atoms with Crippen LogP contribution in [0.15, 0.2) is 12.4 Å². The lowest BCUT2D eigenvalue weighted by Crippen LogP contribution is -2.46. The van der Waals surface area contributed by atoms with Crippen LogP contribution in [0.5, 0.6) is 0 Å². The Hall–Kier alpha value is -0.910. The van der Waals surface area contributed by atoms with Gasteiger partial charge in [-0.15, -0.1) is 0 Å². The number of nitrogens with one attached hydrogen (secondary N) is 1. The first-order valence-electron chi connectivity index (χ1n) is 6.13. The molecule has 0 aromatic carbocycles. The van der Waals surface area contributed by atoms with Crippen LogP contribution in [-0.2, 0) is 18.2 Å². The van der Waals surface area contributed by atoms with Gasteiger partial charge in [0.05, 0.1) is 6.10 Å². The van der Waals surface area contributed by atoms with Crippen LogP contribution < -0.4 is 5.32 Å². The Labute approximate surface area is 102 Å². The molecule has 0 bridgehead atoms. The molecule has 2 atom stereocenters. The van der Waals surface area contributed by atoms with E-state index in [-0.39, 0.29) is 6.10 Å². The quantitative estimate of drug-likeness (QED) is 0.715. The van der Waals surface area contributed by atoms with Gasteiger partial charge in [-0.1, -0.05) is 0 Å². The summed E-state index contributed by atoms with van der Waals surface area (Å²) in [7, 11) is 1.99. The molecule has 1 saturated heterocycles. The first-order valence-corrected chi connectivity index (χ1v) is 6.13. The van der Waals surface area contributed by atoms with Crippen molar-refractivity contribution in [2.45, 2.75) is 31.5 Å². The largest absolute Gasteiger partial charge is 0.386 e. The van der Waals surface area contributed by atoms with E-state index in [1.807, 2.05) is 24.7 Å². The molecule has 0 saturated carbocycles. The van der Waals surface area contributed by atoms with Gasteiger partial charge >= 0.3 is 0 Å². The van der Waals surface area contributed by atoms with Crippen molar-refractivity contribution in [1.29, 1.82) is 0 Å². The molecule has 2 unspecified atom stereocenters. The second-order valence-corrected chi connectivity index (χ2v) is 4.75. The SMILES string of the molecule is CC1OCCC1(O)CNCCc1nccn1C. The molecule has 1 aromatic rings. The summed E-state index contributed by atoms with van der Waals surface area (Å²) in [4.78, 5) is 4.25. The van der Waals surface area contributed by atoms with Crippen LogP contribution in [0.1, 0.15) is 19.2 Å². The Kier molecular flexibility index (Phi) is 3.81. The number of aryl methyl sites for hydroxylation is 1. The highest BCUT2D eigenvalue weighted by Crippen LogP contribution is 2.24. The van der Waals surface area contributed by atoms with Crippen molar-refractivity contribution in [1.82, 2.24) is 14.9 Å². The highest BCUT2D eigenvalue weighted by Gasteiger charge is 2.38. The normalized spacial score (nSPS) is 28.8. The molecule has 1 fully saturated rings. The second-order valence-electron chi connectivity index (χ2n) is 4.75. The summed E-state index contributed by atoms with van der Waals surface area (Å²) in [6.45, 7) is 3.98. The van der Waals surface area contributed by atoms with Crippen LogP contribution >= 0.6 is 0 Å². The molecule has 17 heavy (non-hydrogen) atoms. The minimum atomic E-state index is -0.707. The zero-order valence-electron chi connectivity index (χ0n) is 10.5. The topological polar surface area (TPSA) is 59.3 Å². The number of ether oxygens (including phenoxy) is 1. The third-order valence-corrected chi connectivity index (χ3v) is 3.54. The minimum Gasteiger partial charge on any atom is -0.386 e. The van der Waals surface area contributed by atoms with E-state index in [0.29, 0.717) is 19.6 Å². The van der Waals surface area contributed by atoms with E-state index in [1.165, 1.54) is 0 Å². The fourth-order valence-electron chi connectivity index (χ4n) is 2.15. The van der Waals surface area contributed by atoms with Crippen LogP contribution in [0.4, 0.5) is 0 Å². The molecule has 2 heterocycles. The first kappa shape index (κ1) is 12.5. The predicted octanol–water partition coefficient (Wildman–Crippen LogP) is 0.0921. The van der Waals surface area contributed by atoms with Crippen molar-refractivity contribution < 1.29 is 9.84 Å². The Morgan fingerprint density at radius 3 is 3.12 bits per heavy atom.